The number of rotatable bonds is 4. The van der Waals surface area contributed by atoms with Crippen molar-refractivity contribution < 1.29 is 9.53 Å². The molecule has 0 saturated carbocycles. The molecule has 1 N–H and O–H groups in total. The third-order valence-electron chi connectivity index (χ3n) is 3.09. The highest BCUT2D eigenvalue weighted by molar-refractivity contribution is 5.68. The van der Waals surface area contributed by atoms with E-state index in [1.165, 1.54) is 0 Å². The van der Waals surface area contributed by atoms with Gasteiger partial charge in [0.25, 0.3) is 0 Å². The number of carbonyl (C=O) groups is 1. The van der Waals surface area contributed by atoms with Crippen LogP contribution in [0.2, 0.25) is 0 Å². The number of carbonyl (C=O) groups excluding carboxylic acids is 1. The summed E-state index contributed by atoms with van der Waals surface area (Å²) >= 11 is 0. The molecule has 1 saturated heterocycles. The molecule has 1 aliphatic rings. The van der Waals surface area contributed by atoms with Gasteiger partial charge in [0.2, 0.25) is 0 Å². The van der Waals surface area contributed by atoms with Crippen molar-refractivity contribution in [3.8, 4) is 0 Å². The minimum Gasteiger partial charge on any atom is -0.444 e. The standard InChI is InChI=1S/C13H23N5O2/c1-13(2,3)20-12(19)17-7-4-11(10-17)14-5-8-18-9-6-15-16-18/h6,9,11,14H,4-5,7-8,10H2,1-3H3. The van der Waals surface area contributed by atoms with Crippen LogP contribution in [0.25, 0.3) is 0 Å². The second-order valence-electron chi connectivity index (χ2n) is 6.03. The summed E-state index contributed by atoms with van der Waals surface area (Å²) in [6.07, 6.45) is 4.23. The first-order valence-corrected chi connectivity index (χ1v) is 6.99. The van der Waals surface area contributed by atoms with Crippen LogP contribution in [-0.4, -0.2) is 57.3 Å². The van der Waals surface area contributed by atoms with Gasteiger partial charge in [-0.1, -0.05) is 5.21 Å². The predicted molar refractivity (Wildman–Crippen MR) is 74.2 cm³/mol. The highest BCUT2D eigenvalue weighted by Gasteiger charge is 2.29. The van der Waals surface area contributed by atoms with E-state index in [2.05, 4.69) is 15.6 Å². The molecular formula is C13H23N5O2. The molecule has 1 unspecified atom stereocenters. The van der Waals surface area contributed by atoms with Gasteiger partial charge < -0.3 is 15.0 Å². The molecule has 1 aliphatic heterocycles. The van der Waals surface area contributed by atoms with Crippen molar-refractivity contribution in [2.24, 2.45) is 0 Å². The van der Waals surface area contributed by atoms with Crippen LogP contribution in [0.1, 0.15) is 27.2 Å². The Hall–Kier alpha value is -1.63. The van der Waals surface area contributed by atoms with E-state index in [1.807, 2.05) is 27.0 Å². The van der Waals surface area contributed by atoms with Gasteiger partial charge >= 0.3 is 6.09 Å². The van der Waals surface area contributed by atoms with E-state index >= 15 is 0 Å². The molecule has 20 heavy (non-hydrogen) atoms. The Morgan fingerprint density at radius 3 is 2.95 bits per heavy atom. The van der Waals surface area contributed by atoms with Gasteiger partial charge in [-0.15, -0.1) is 5.10 Å². The molecule has 2 heterocycles. The number of hydrogen-bond donors (Lipinski definition) is 1. The Bertz CT molecular complexity index is 426. The number of amides is 1. The monoisotopic (exact) mass is 281 g/mol. The molecule has 1 fully saturated rings. The van der Waals surface area contributed by atoms with Crippen molar-refractivity contribution in [1.82, 2.24) is 25.2 Å². The van der Waals surface area contributed by atoms with Gasteiger partial charge in [-0.3, -0.25) is 4.68 Å². The molecule has 7 heteroatoms. The summed E-state index contributed by atoms with van der Waals surface area (Å²) in [4.78, 5) is 13.7. The van der Waals surface area contributed by atoms with Crippen LogP contribution < -0.4 is 5.32 Å². The zero-order valence-electron chi connectivity index (χ0n) is 12.4. The van der Waals surface area contributed by atoms with E-state index < -0.39 is 5.60 Å². The van der Waals surface area contributed by atoms with E-state index in [0.29, 0.717) is 12.6 Å². The lowest BCUT2D eigenvalue weighted by atomic mass is 10.2. The zero-order valence-corrected chi connectivity index (χ0v) is 12.4. The number of ether oxygens (including phenoxy) is 1. The topological polar surface area (TPSA) is 72.3 Å². The molecule has 7 nitrogen and oxygen atoms in total. The summed E-state index contributed by atoms with van der Waals surface area (Å²) in [5, 5.41) is 11.1. The first-order chi connectivity index (χ1) is 9.44. The summed E-state index contributed by atoms with van der Waals surface area (Å²) in [5.74, 6) is 0. The zero-order chi connectivity index (χ0) is 14.6. The molecule has 0 aliphatic carbocycles. The van der Waals surface area contributed by atoms with Crippen LogP contribution in [0.3, 0.4) is 0 Å². The minimum atomic E-state index is -0.435. The summed E-state index contributed by atoms with van der Waals surface area (Å²) in [5.41, 5.74) is -0.435. The lowest BCUT2D eigenvalue weighted by molar-refractivity contribution is 0.0291. The van der Waals surface area contributed by atoms with Crippen LogP contribution in [-0.2, 0) is 11.3 Å². The maximum Gasteiger partial charge on any atom is 0.410 e. The lowest BCUT2D eigenvalue weighted by Crippen LogP contribution is -2.39. The summed E-state index contributed by atoms with van der Waals surface area (Å²) < 4.78 is 7.16. The smallest absolute Gasteiger partial charge is 0.410 e. The number of hydrogen-bond acceptors (Lipinski definition) is 5. The third kappa shape index (κ3) is 4.48. The molecule has 1 aromatic heterocycles. The Morgan fingerprint density at radius 1 is 1.50 bits per heavy atom. The van der Waals surface area contributed by atoms with Crippen LogP contribution in [0.4, 0.5) is 4.79 Å². The SMILES string of the molecule is CC(C)(C)OC(=O)N1CCC(NCCn2ccnn2)C1. The van der Waals surface area contributed by atoms with E-state index in [4.69, 9.17) is 4.74 Å². The molecule has 1 atom stereocenters. The summed E-state index contributed by atoms with van der Waals surface area (Å²) in [7, 11) is 0. The normalized spacial score (nSPS) is 19.4. The molecule has 0 spiro atoms. The van der Waals surface area contributed by atoms with Gasteiger partial charge in [0.05, 0.1) is 12.7 Å². The highest BCUT2D eigenvalue weighted by atomic mass is 16.6. The first-order valence-electron chi connectivity index (χ1n) is 6.99. The Morgan fingerprint density at radius 2 is 2.30 bits per heavy atom. The third-order valence-corrected chi connectivity index (χ3v) is 3.09. The molecule has 0 bridgehead atoms. The molecule has 1 amide bonds. The quantitative estimate of drug-likeness (QED) is 0.887. The maximum absolute atomic E-state index is 11.9. The second-order valence-corrected chi connectivity index (χ2v) is 6.03. The molecule has 1 aromatic rings. The van der Waals surface area contributed by atoms with Crippen molar-refractivity contribution in [2.45, 2.75) is 45.4 Å². The highest BCUT2D eigenvalue weighted by Crippen LogP contribution is 2.15. The van der Waals surface area contributed by atoms with Gasteiger partial charge in [0, 0.05) is 31.9 Å². The van der Waals surface area contributed by atoms with Gasteiger partial charge in [0.1, 0.15) is 5.60 Å². The van der Waals surface area contributed by atoms with E-state index in [0.717, 1.165) is 26.1 Å². The van der Waals surface area contributed by atoms with E-state index in [1.54, 1.807) is 15.8 Å². The molecule has 0 aromatic carbocycles. The average molecular weight is 281 g/mol. The fourth-order valence-corrected chi connectivity index (χ4v) is 2.15. The Labute approximate surface area is 119 Å². The minimum absolute atomic E-state index is 0.224. The first kappa shape index (κ1) is 14.8. The van der Waals surface area contributed by atoms with Crippen LogP contribution in [0.15, 0.2) is 12.4 Å². The maximum atomic E-state index is 11.9. The largest absolute Gasteiger partial charge is 0.444 e. The fourth-order valence-electron chi connectivity index (χ4n) is 2.15. The second kappa shape index (κ2) is 6.21. The fraction of sp³-hybridized carbons (Fsp3) is 0.769. The number of aromatic nitrogens is 3. The van der Waals surface area contributed by atoms with Crippen molar-refractivity contribution in [2.75, 3.05) is 19.6 Å². The summed E-state index contributed by atoms with van der Waals surface area (Å²) in [6, 6.07) is 0.325. The lowest BCUT2D eigenvalue weighted by Gasteiger charge is -2.24. The van der Waals surface area contributed by atoms with Gasteiger partial charge in [-0.05, 0) is 27.2 Å². The Kier molecular flexibility index (Phi) is 4.59. The van der Waals surface area contributed by atoms with Gasteiger partial charge in [-0.2, -0.15) is 0 Å². The van der Waals surface area contributed by atoms with Crippen molar-refractivity contribution in [3.63, 3.8) is 0 Å². The number of nitrogens with zero attached hydrogens (tertiary/aromatic N) is 4. The molecule has 2 rings (SSSR count). The summed E-state index contributed by atoms with van der Waals surface area (Å²) in [6.45, 7) is 8.69. The average Bonchev–Trinajstić information content (AvgIpc) is 2.97. The van der Waals surface area contributed by atoms with Crippen LogP contribution in [0, 0.1) is 0 Å². The van der Waals surface area contributed by atoms with Crippen LogP contribution >= 0.6 is 0 Å². The Balaban J connectivity index is 1.68. The van der Waals surface area contributed by atoms with Gasteiger partial charge in [0.15, 0.2) is 0 Å². The van der Waals surface area contributed by atoms with Gasteiger partial charge in [-0.25, -0.2) is 4.79 Å². The molecule has 0 radical (unpaired) electrons. The van der Waals surface area contributed by atoms with Crippen molar-refractivity contribution >= 4 is 6.09 Å². The van der Waals surface area contributed by atoms with E-state index in [9.17, 15) is 4.79 Å². The molecular weight excluding hydrogens is 258 g/mol. The predicted octanol–water partition coefficient (Wildman–Crippen LogP) is 0.877. The molecule has 112 valence electrons. The van der Waals surface area contributed by atoms with Crippen LogP contribution in [0.5, 0.6) is 0 Å². The van der Waals surface area contributed by atoms with Crippen molar-refractivity contribution in [3.05, 3.63) is 12.4 Å². The number of likely N-dealkylation sites (tertiary alicyclic amines) is 1. The van der Waals surface area contributed by atoms with E-state index in [-0.39, 0.29) is 6.09 Å². The van der Waals surface area contributed by atoms with Crippen molar-refractivity contribution in [1.29, 1.82) is 0 Å². The number of nitrogens with one attached hydrogen (secondary N) is 1.